The van der Waals surface area contributed by atoms with Crippen LogP contribution in [-0.2, 0) is 15.7 Å². The smallest absolute Gasteiger partial charge is 0.416 e. The number of alkyl halides is 3. The number of carbonyl (C=O) groups excluding carboxylic acids is 2. The van der Waals surface area contributed by atoms with E-state index in [1.54, 1.807) is 30.3 Å². The van der Waals surface area contributed by atoms with Gasteiger partial charge in [0.25, 0.3) is 5.91 Å². The standard InChI is InChI=1S/C22H13Cl3F3N3O3/c23-16-11-29-20(19(25)18(16)24)21(33)34-12-17(32)31(30-10-13-5-2-1-3-6-13)15-8-4-7-14(9-15)22(26,27)28/h1-11H,12H2/b30-10-. The molecular formula is C22H13Cl3F3N3O3. The number of benzene rings is 2. The summed E-state index contributed by atoms with van der Waals surface area (Å²) < 4.78 is 44.5. The fourth-order valence-corrected chi connectivity index (χ4v) is 3.15. The van der Waals surface area contributed by atoms with Gasteiger partial charge in [0.1, 0.15) is 0 Å². The van der Waals surface area contributed by atoms with Crippen molar-refractivity contribution in [2.45, 2.75) is 6.18 Å². The van der Waals surface area contributed by atoms with Crippen molar-refractivity contribution in [1.82, 2.24) is 4.98 Å². The number of anilines is 1. The third kappa shape index (κ3) is 6.25. The third-order valence-corrected chi connectivity index (χ3v) is 5.45. The fraction of sp³-hybridized carbons (Fsp3) is 0.0909. The molecule has 2 aromatic carbocycles. The molecule has 3 rings (SSSR count). The molecule has 3 aromatic rings. The van der Waals surface area contributed by atoms with E-state index < -0.39 is 30.2 Å². The van der Waals surface area contributed by atoms with Crippen LogP contribution in [-0.4, -0.2) is 29.7 Å². The summed E-state index contributed by atoms with van der Waals surface area (Å²) in [5, 5.41) is 4.30. The van der Waals surface area contributed by atoms with E-state index in [-0.39, 0.29) is 26.4 Å². The Hall–Kier alpha value is -3.14. The van der Waals surface area contributed by atoms with Crippen LogP contribution in [0.25, 0.3) is 0 Å². The summed E-state index contributed by atoms with van der Waals surface area (Å²) >= 11 is 17.6. The molecule has 34 heavy (non-hydrogen) atoms. The van der Waals surface area contributed by atoms with Crippen molar-refractivity contribution in [2.75, 3.05) is 11.6 Å². The van der Waals surface area contributed by atoms with E-state index in [0.29, 0.717) is 10.6 Å². The number of ether oxygens (including phenoxy) is 1. The molecule has 0 saturated carbocycles. The van der Waals surface area contributed by atoms with Crippen LogP contribution in [0.15, 0.2) is 65.9 Å². The van der Waals surface area contributed by atoms with Crippen LogP contribution in [0, 0.1) is 0 Å². The Morgan fingerprint density at radius 3 is 2.41 bits per heavy atom. The highest BCUT2D eigenvalue weighted by Crippen LogP contribution is 2.33. The first-order valence-electron chi connectivity index (χ1n) is 9.34. The first-order chi connectivity index (χ1) is 16.1. The molecule has 176 valence electrons. The van der Waals surface area contributed by atoms with Gasteiger partial charge in [-0.05, 0) is 23.8 Å². The van der Waals surface area contributed by atoms with E-state index >= 15 is 0 Å². The molecule has 1 amide bonds. The maximum Gasteiger partial charge on any atom is 0.416 e. The van der Waals surface area contributed by atoms with Crippen molar-refractivity contribution >= 4 is 58.6 Å². The normalized spacial score (nSPS) is 11.5. The lowest BCUT2D eigenvalue weighted by Gasteiger charge is -2.18. The zero-order valence-electron chi connectivity index (χ0n) is 16.9. The van der Waals surface area contributed by atoms with Crippen molar-refractivity contribution < 1.29 is 27.5 Å². The summed E-state index contributed by atoms with van der Waals surface area (Å²) in [4.78, 5) is 28.9. The van der Waals surface area contributed by atoms with Gasteiger partial charge in [-0.15, -0.1) is 0 Å². The Bertz CT molecular complexity index is 1240. The summed E-state index contributed by atoms with van der Waals surface area (Å²) in [5.74, 6) is -2.02. The molecule has 0 bridgehead atoms. The molecule has 0 atom stereocenters. The van der Waals surface area contributed by atoms with Crippen LogP contribution in [0.1, 0.15) is 21.6 Å². The van der Waals surface area contributed by atoms with Gasteiger partial charge in [-0.25, -0.2) is 9.78 Å². The van der Waals surface area contributed by atoms with Gasteiger partial charge in [-0.3, -0.25) is 4.79 Å². The van der Waals surface area contributed by atoms with E-state index in [9.17, 15) is 22.8 Å². The zero-order valence-corrected chi connectivity index (χ0v) is 19.2. The van der Waals surface area contributed by atoms with Gasteiger partial charge < -0.3 is 4.74 Å². The van der Waals surface area contributed by atoms with Crippen molar-refractivity contribution in [3.63, 3.8) is 0 Å². The Kier molecular flexibility index (Phi) is 8.14. The molecule has 0 aliphatic rings. The molecule has 0 fully saturated rings. The minimum atomic E-state index is -4.64. The van der Waals surface area contributed by atoms with Gasteiger partial charge in [0, 0.05) is 6.20 Å². The molecule has 0 aliphatic carbocycles. The number of hydrazone groups is 1. The largest absolute Gasteiger partial charge is 0.451 e. The average Bonchev–Trinajstić information content (AvgIpc) is 2.81. The quantitative estimate of drug-likeness (QED) is 0.213. The maximum atomic E-state index is 13.2. The number of nitrogens with zero attached hydrogens (tertiary/aromatic N) is 3. The maximum absolute atomic E-state index is 13.2. The lowest BCUT2D eigenvalue weighted by atomic mass is 10.2. The first-order valence-corrected chi connectivity index (χ1v) is 10.5. The number of hydrogen-bond acceptors (Lipinski definition) is 5. The Balaban J connectivity index is 1.86. The Labute approximate surface area is 206 Å². The van der Waals surface area contributed by atoms with Crippen LogP contribution in [0.2, 0.25) is 15.1 Å². The van der Waals surface area contributed by atoms with Gasteiger partial charge in [-0.1, -0.05) is 71.2 Å². The van der Waals surface area contributed by atoms with E-state index in [0.717, 1.165) is 24.4 Å². The molecule has 6 nitrogen and oxygen atoms in total. The highest BCUT2D eigenvalue weighted by Gasteiger charge is 2.31. The van der Waals surface area contributed by atoms with Crippen molar-refractivity contribution in [3.05, 3.63) is 92.7 Å². The molecule has 0 spiro atoms. The van der Waals surface area contributed by atoms with Gasteiger partial charge in [0.2, 0.25) is 0 Å². The van der Waals surface area contributed by atoms with Crippen LogP contribution in [0.4, 0.5) is 18.9 Å². The van der Waals surface area contributed by atoms with Crippen molar-refractivity contribution in [2.24, 2.45) is 5.10 Å². The summed E-state index contributed by atoms with van der Waals surface area (Å²) in [6.07, 6.45) is -2.29. The third-order valence-electron chi connectivity index (χ3n) is 4.21. The van der Waals surface area contributed by atoms with Gasteiger partial charge >= 0.3 is 12.1 Å². The molecule has 0 aliphatic heterocycles. The predicted molar refractivity (Wildman–Crippen MR) is 123 cm³/mol. The number of pyridine rings is 1. The number of rotatable bonds is 6. The lowest BCUT2D eigenvalue weighted by Crippen LogP contribution is -2.31. The molecule has 12 heteroatoms. The number of amides is 1. The number of carbonyl (C=O) groups is 2. The Morgan fingerprint density at radius 1 is 1.03 bits per heavy atom. The minimum Gasteiger partial charge on any atom is -0.451 e. The van der Waals surface area contributed by atoms with E-state index in [4.69, 9.17) is 39.5 Å². The van der Waals surface area contributed by atoms with Gasteiger partial charge in [0.05, 0.1) is 32.5 Å². The Morgan fingerprint density at radius 2 is 1.74 bits per heavy atom. The van der Waals surface area contributed by atoms with E-state index in [1.165, 1.54) is 12.3 Å². The monoisotopic (exact) mass is 529 g/mol. The number of halogens is 6. The van der Waals surface area contributed by atoms with Crippen LogP contribution < -0.4 is 5.01 Å². The van der Waals surface area contributed by atoms with Crippen LogP contribution in [0.5, 0.6) is 0 Å². The van der Waals surface area contributed by atoms with E-state index in [1.807, 2.05) is 0 Å². The van der Waals surface area contributed by atoms with Gasteiger partial charge in [-0.2, -0.15) is 23.3 Å². The summed E-state index contributed by atoms with van der Waals surface area (Å²) in [6, 6.07) is 12.5. The van der Waals surface area contributed by atoms with Crippen molar-refractivity contribution in [1.29, 1.82) is 0 Å². The first kappa shape index (κ1) is 25.5. The highest BCUT2D eigenvalue weighted by molar-refractivity contribution is 6.48. The van der Waals surface area contributed by atoms with E-state index in [2.05, 4.69) is 10.1 Å². The average molecular weight is 531 g/mol. The molecule has 0 radical (unpaired) electrons. The molecular weight excluding hydrogens is 518 g/mol. The number of hydrogen-bond donors (Lipinski definition) is 0. The number of esters is 1. The van der Waals surface area contributed by atoms with Crippen LogP contribution in [0.3, 0.4) is 0 Å². The SMILES string of the molecule is O=C(OCC(=O)N(/N=C\c1ccccc1)c1cccc(C(F)(F)F)c1)c1ncc(Cl)c(Cl)c1Cl. The molecule has 0 unspecified atom stereocenters. The molecule has 1 aromatic heterocycles. The predicted octanol–water partition coefficient (Wildman–Crippen LogP) is 6.28. The second-order valence-corrected chi connectivity index (χ2v) is 7.73. The second-order valence-electron chi connectivity index (χ2n) is 6.57. The molecule has 1 heterocycles. The fourth-order valence-electron chi connectivity index (χ4n) is 2.60. The lowest BCUT2D eigenvalue weighted by molar-refractivity contribution is -0.137. The summed E-state index contributed by atoms with van der Waals surface area (Å²) in [5.41, 5.74) is -0.978. The minimum absolute atomic E-state index is 0.00487. The highest BCUT2D eigenvalue weighted by atomic mass is 35.5. The summed E-state index contributed by atoms with van der Waals surface area (Å²) in [7, 11) is 0. The summed E-state index contributed by atoms with van der Waals surface area (Å²) in [6.45, 7) is -0.876. The topological polar surface area (TPSA) is 71.9 Å². The zero-order chi connectivity index (χ0) is 24.9. The molecule has 0 N–H and O–H groups in total. The van der Waals surface area contributed by atoms with Crippen molar-refractivity contribution in [3.8, 4) is 0 Å². The van der Waals surface area contributed by atoms with Gasteiger partial charge in [0.15, 0.2) is 12.3 Å². The number of aromatic nitrogens is 1. The van der Waals surface area contributed by atoms with Crippen LogP contribution >= 0.6 is 34.8 Å². The molecule has 0 saturated heterocycles. The second kappa shape index (κ2) is 10.9.